The fraction of sp³-hybridized carbons (Fsp3) is 0.690. The Morgan fingerprint density at radius 1 is 1.21 bits per heavy atom. The van der Waals surface area contributed by atoms with Gasteiger partial charge in [-0.05, 0) is 63.2 Å². The van der Waals surface area contributed by atoms with Crippen molar-refractivity contribution in [1.82, 2.24) is 15.5 Å². The number of carbonyl (C=O) groups excluding carboxylic acids is 1. The number of aliphatic imine (C=N–C) groups is 2. The van der Waals surface area contributed by atoms with Crippen molar-refractivity contribution in [3.8, 4) is 0 Å². The molecule has 1 fully saturated rings. The van der Waals surface area contributed by atoms with Gasteiger partial charge in [-0.25, -0.2) is 8.78 Å². The number of likely N-dealkylation sites (tertiary alicyclic amines) is 1. The third-order valence-corrected chi connectivity index (χ3v) is 6.96. The summed E-state index contributed by atoms with van der Waals surface area (Å²) in [5.41, 5.74) is 0.859. The number of amides is 1. The molecule has 0 saturated carbocycles. The largest absolute Gasteiger partial charge is 0.381 e. The average Bonchev–Trinajstić information content (AvgIpc) is 2.92. The quantitative estimate of drug-likeness (QED) is 0.171. The van der Waals surface area contributed by atoms with Gasteiger partial charge < -0.3 is 20.3 Å². The van der Waals surface area contributed by atoms with E-state index in [0.29, 0.717) is 32.6 Å². The van der Waals surface area contributed by atoms with Gasteiger partial charge in [0.1, 0.15) is 5.84 Å². The van der Waals surface area contributed by atoms with E-state index in [2.05, 4.69) is 25.5 Å². The van der Waals surface area contributed by atoms with Crippen LogP contribution < -0.4 is 10.6 Å². The molecule has 9 heteroatoms. The molecule has 214 valence electrons. The number of nitrogens with one attached hydrogen (secondary N) is 2. The van der Waals surface area contributed by atoms with Crippen LogP contribution in [-0.2, 0) is 15.5 Å². The number of hydrogen-bond acceptors (Lipinski definition) is 5. The zero-order valence-electron chi connectivity index (χ0n) is 23.6. The Morgan fingerprint density at radius 2 is 1.95 bits per heavy atom. The van der Waals surface area contributed by atoms with Crippen LogP contribution in [0, 0.1) is 5.92 Å². The number of benzene rings is 1. The smallest absolute Gasteiger partial charge is 0.273 e. The Bertz CT molecular complexity index is 885. The van der Waals surface area contributed by atoms with E-state index in [9.17, 15) is 4.79 Å². The number of alkyl halides is 2. The second kappa shape index (κ2) is 17.2. The van der Waals surface area contributed by atoms with E-state index >= 15 is 8.78 Å². The van der Waals surface area contributed by atoms with Gasteiger partial charge in [-0.15, -0.1) is 0 Å². The first-order valence-corrected chi connectivity index (χ1v) is 14.1. The van der Waals surface area contributed by atoms with E-state index < -0.39 is 5.92 Å². The highest BCUT2D eigenvalue weighted by Crippen LogP contribution is 2.39. The molecule has 1 amide bonds. The normalized spacial score (nSPS) is 16.6. The average molecular weight is 536 g/mol. The summed E-state index contributed by atoms with van der Waals surface area (Å²) in [4.78, 5) is 22.1. The second-order valence-corrected chi connectivity index (χ2v) is 9.98. The van der Waals surface area contributed by atoms with Crippen molar-refractivity contribution in [1.29, 1.82) is 0 Å². The first-order valence-electron chi connectivity index (χ1n) is 14.1. The van der Waals surface area contributed by atoms with Gasteiger partial charge in [0.05, 0.1) is 12.4 Å². The first kappa shape index (κ1) is 31.8. The molecule has 0 unspecified atom stereocenters. The summed E-state index contributed by atoms with van der Waals surface area (Å²) in [7, 11) is 1.68. The molecule has 1 atom stereocenters. The van der Waals surface area contributed by atoms with Crippen LogP contribution in [0.3, 0.4) is 0 Å². The van der Waals surface area contributed by atoms with Crippen LogP contribution in [0.5, 0.6) is 0 Å². The number of nitrogens with zero attached hydrogens (tertiary/aromatic N) is 3. The molecular formula is C29H47F2N5O2. The van der Waals surface area contributed by atoms with Crippen LogP contribution in [0.1, 0.15) is 82.9 Å². The van der Waals surface area contributed by atoms with Crippen molar-refractivity contribution in [2.75, 3.05) is 46.4 Å². The van der Waals surface area contributed by atoms with Gasteiger partial charge in [0.2, 0.25) is 5.91 Å². The van der Waals surface area contributed by atoms with E-state index in [1.165, 1.54) is 6.07 Å². The van der Waals surface area contributed by atoms with Gasteiger partial charge in [0, 0.05) is 58.2 Å². The van der Waals surface area contributed by atoms with Crippen LogP contribution in [0.4, 0.5) is 8.78 Å². The molecule has 2 rings (SSSR count). The minimum Gasteiger partial charge on any atom is -0.381 e. The van der Waals surface area contributed by atoms with E-state index in [1.807, 2.05) is 26.8 Å². The topological polar surface area (TPSA) is 78.3 Å². The second-order valence-electron chi connectivity index (χ2n) is 9.98. The maximum Gasteiger partial charge on any atom is 0.273 e. The maximum atomic E-state index is 15.3. The minimum atomic E-state index is -2.86. The molecule has 1 aromatic carbocycles. The summed E-state index contributed by atoms with van der Waals surface area (Å²) in [5.74, 6) is -2.01. The molecule has 1 saturated heterocycles. The van der Waals surface area contributed by atoms with E-state index in [0.717, 1.165) is 56.7 Å². The van der Waals surface area contributed by atoms with Crippen molar-refractivity contribution in [2.24, 2.45) is 15.9 Å². The molecule has 0 aromatic heterocycles. The molecule has 0 bridgehead atoms. The van der Waals surface area contributed by atoms with Crippen molar-refractivity contribution < 1.29 is 18.3 Å². The number of halogens is 2. The summed E-state index contributed by atoms with van der Waals surface area (Å²) in [6.07, 6.45) is 5.99. The zero-order chi connectivity index (χ0) is 27.8. The molecule has 1 aliphatic rings. The zero-order valence-corrected chi connectivity index (χ0v) is 23.6. The van der Waals surface area contributed by atoms with Crippen molar-refractivity contribution in [3.63, 3.8) is 0 Å². The lowest BCUT2D eigenvalue weighted by molar-refractivity contribution is -0.120. The molecule has 1 heterocycles. The summed E-state index contributed by atoms with van der Waals surface area (Å²) in [6, 6.07) is 6.50. The van der Waals surface area contributed by atoms with Crippen LogP contribution in [0.15, 0.2) is 34.3 Å². The monoisotopic (exact) mass is 535 g/mol. The van der Waals surface area contributed by atoms with Gasteiger partial charge in [0.15, 0.2) is 0 Å². The van der Waals surface area contributed by atoms with Gasteiger partial charge >= 0.3 is 0 Å². The first-order chi connectivity index (χ1) is 18.3. The summed E-state index contributed by atoms with van der Waals surface area (Å²) in [6.45, 7) is 10.3. The predicted molar refractivity (Wildman–Crippen MR) is 151 cm³/mol. The number of piperidine rings is 1. The molecule has 0 radical (unpaired) electrons. The highest BCUT2D eigenvalue weighted by molar-refractivity contribution is 5.91. The number of carbonyl (C=O) groups is 1. The fourth-order valence-corrected chi connectivity index (χ4v) is 4.62. The Labute approximate surface area is 227 Å². The highest BCUT2D eigenvalue weighted by Gasteiger charge is 2.36. The lowest BCUT2D eigenvalue weighted by Gasteiger charge is -2.33. The lowest BCUT2D eigenvalue weighted by atomic mass is 9.87. The number of rotatable bonds is 16. The number of amidine groups is 1. The summed E-state index contributed by atoms with van der Waals surface area (Å²) >= 11 is 0. The standard InChI is InChI=1S/C29H47F2N5O2/c1-5-27(34-22-32-4)35-23(3)25-10-7-11-26(20-25)29(30,31)21-24-12-16-36(17-13-24)15-9-19-38-18-8-14-33-28(37)6-2/h7,10-11,20,22-24H,5-6,8-9,12-19,21H2,1-4H3,(H,33,37)(H,32,34,35)/t23-/m1/s1. The van der Waals surface area contributed by atoms with Crippen molar-refractivity contribution in [3.05, 3.63) is 35.4 Å². The Kier molecular flexibility index (Phi) is 14.4. The SMILES string of the molecule is CCC(=O)NCCCOCCCN1CCC(CC(F)(F)c2cccc([C@@H](C)N=C(CC)NC=NC)c2)CC1. The van der Waals surface area contributed by atoms with Gasteiger partial charge in [-0.2, -0.15) is 0 Å². The van der Waals surface area contributed by atoms with E-state index in [4.69, 9.17) is 4.74 Å². The van der Waals surface area contributed by atoms with E-state index in [1.54, 1.807) is 25.5 Å². The molecule has 1 aromatic rings. The van der Waals surface area contributed by atoms with Crippen LogP contribution >= 0.6 is 0 Å². The molecular weight excluding hydrogens is 488 g/mol. The Hall–Kier alpha value is -2.39. The van der Waals surface area contributed by atoms with Crippen molar-refractivity contribution in [2.45, 2.75) is 77.7 Å². The number of hydrogen-bond donors (Lipinski definition) is 2. The van der Waals surface area contributed by atoms with Gasteiger partial charge in [-0.3, -0.25) is 14.8 Å². The maximum absolute atomic E-state index is 15.3. The number of ether oxygens (including phenoxy) is 1. The van der Waals surface area contributed by atoms with Crippen LogP contribution in [-0.4, -0.2) is 69.4 Å². The third kappa shape index (κ3) is 11.6. The van der Waals surface area contributed by atoms with Gasteiger partial charge in [-0.1, -0.05) is 32.0 Å². The molecule has 38 heavy (non-hydrogen) atoms. The fourth-order valence-electron chi connectivity index (χ4n) is 4.62. The Balaban J connectivity index is 1.75. The summed E-state index contributed by atoms with van der Waals surface area (Å²) in [5, 5.41) is 5.88. The molecule has 7 nitrogen and oxygen atoms in total. The van der Waals surface area contributed by atoms with Crippen LogP contribution in [0.2, 0.25) is 0 Å². The Morgan fingerprint density at radius 3 is 2.63 bits per heavy atom. The highest BCUT2D eigenvalue weighted by atomic mass is 19.3. The van der Waals surface area contributed by atoms with E-state index in [-0.39, 0.29) is 29.9 Å². The molecule has 2 N–H and O–H groups in total. The lowest BCUT2D eigenvalue weighted by Crippen LogP contribution is -2.36. The summed E-state index contributed by atoms with van der Waals surface area (Å²) < 4.78 is 36.2. The minimum absolute atomic E-state index is 0.0131. The predicted octanol–water partition coefficient (Wildman–Crippen LogP) is 5.32. The molecule has 0 spiro atoms. The van der Waals surface area contributed by atoms with Crippen molar-refractivity contribution >= 4 is 18.1 Å². The molecule has 1 aliphatic heterocycles. The van der Waals surface area contributed by atoms with Gasteiger partial charge in [0.25, 0.3) is 5.92 Å². The van der Waals surface area contributed by atoms with Crippen LogP contribution in [0.25, 0.3) is 0 Å². The molecule has 0 aliphatic carbocycles. The third-order valence-electron chi connectivity index (χ3n) is 6.96.